The molecule has 1 aromatic heterocycles. The molecule has 4 rings (SSSR count). The monoisotopic (exact) mass is 442 g/mol. The largest absolute Gasteiger partial charge is 0.493 e. The van der Waals surface area contributed by atoms with Gasteiger partial charge in [0.05, 0.1) is 19.7 Å². The number of aromatic nitrogens is 1. The molecular weight excluding hydrogens is 420 g/mol. The lowest BCUT2D eigenvalue weighted by Crippen LogP contribution is -2.38. The van der Waals surface area contributed by atoms with Crippen LogP contribution < -0.4 is 19.1 Å². The molecule has 146 valence electrons. The van der Waals surface area contributed by atoms with Crippen LogP contribution in [0.4, 0.5) is 5.69 Å². The molecule has 0 unspecified atom stereocenters. The number of anilines is 1. The van der Waals surface area contributed by atoms with E-state index < -0.39 is 0 Å². The molecule has 5 nitrogen and oxygen atoms in total. The molecule has 2 heterocycles. The zero-order chi connectivity index (χ0) is 19.5. The van der Waals surface area contributed by atoms with Crippen molar-refractivity contribution in [3.05, 3.63) is 53.1 Å². The smallest absolute Gasteiger partial charge is 0.203 e. The lowest BCUT2D eigenvalue weighted by Gasteiger charge is -2.34. The minimum absolute atomic E-state index is 0.126. The average molecular weight is 443 g/mol. The molecule has 28 heavy (non-hydrogen) atoms. The fourth-order valence-electron chi connectivity index (χ4n) is 3.72. The van der Waals surface area contributed by atoms with Gasteiger partial charge in [0.2, 0.25) is 5.75 Å². The number of hydrogen-bond acceptors (Lipinski definition) is 5. The molecule has 2 aromatic carbocycles. The van der Waals surface area contributed by atoms with E-state index in [4.69, 9.17) is 14.2 Å². The lowest BCUT2D eigenvalue weighted by atomic mass is 10.1. The molecule has 0 N–H and O–H groups in total. The zero-order valence-electron chi connectivity index (χ0n) is 16.0. The summed E-state index contributed by atoms with van der Waals surface area (Å²) in [7, 11) is 3.30. The number of fused-ring (bicyclic) bond motifs is 1. The Morgan fingerprint density at radius 3 is 2.32 bits per heavy atom. The van der Waals surface area contributed by atoms with Crippen molar-refractivity contribution in [1.82, 2.24) is 4.98 Å². The standard InChI is InChI=1S/C22H23BrN2O3/c1-26-19-7-4-8-20(27-2)22(19)28-15-10-13-25(14-11-15)18-9-12-24-21-16(18)5-3-6-17(21)23/h3-9,12,15H,10-11,13-14H2,1-2H3. The van der Waals surface area contributed by atoms with Crippen molar-refractivity contribution in [1.29, 1.82) is 0 Å². The number of pyridine rings is 1. The van der Waals surface area contributed by atoms with Crippen molar-refractivity contribution >= 4 is 32.5 Å². The molecule has 1 aliphatic rings. The number of ether oxygens (including phenoxy) is 3. The van der Waals surface area contributed by atoms with E-state index in [0.717, 1.165) is 35.9 Å². The van der Waals surface area contributed by atoms with Crippen molar-refractivity contribution < 1.29 is 14.2 Å². The highest BCUT2D eigenvalue weighted by molar-refractivity contribution is 9.10. The second-order valence-electron chi connectivity index (χ2n) is 6.76. The second kappa shape index (κ2) is 8.27. The van der Waals surface area contributed by atoms with Gasteiger partial charge >= 0.3 is 0 Å². The summed E-state index contributed by atoms with van der Waals surface area (Å²) >= 11 is 3.60. The third-order valence-corrected chi connectivity index (χ3v) is 5.79. The quantitative estimate of drug-likeness (QED) is 0.552. The van der Waals surface area contributed by atoms with E-state index in [0.29, 0.717) is 17.2 Å². The lowest BCUT2D eigenvalue weighted by molar-refractivity contribution is 0.158. The zero-order valence-corrected chi connectivity index (χ0v) is 17.6. The topological polar surface area (TPSA) is 43.8 Å². The maximum Gasteiger partial charge on any atom is 0.203 e. The summed E-state index contributed by atoms with van der Waals surface area (Å²) in [5.41, 5.74) is 2.22. The van der Waals surface area contributed by atoms with Crippen LogP contribution in [0.25, 0.3) is 10.9 Å². The molecule has 1 saturated heterocycles. The van der Waals surface area contributed by atoms with Gasteiger partial charge in [-0.05, 0) is 40.2 Å². The van der Waals surface area contributed by atoms with Crippen molar-refractivity contribution in [3.8, 4) is 17.2 Å². The Balaban J connectivity index is 1.50. The summed E-state index contributed by atoms with van der Waals surface area (Å²) in [6.45, 7) is 1.85. The molecule has 0 radical (unpaired) electrons. The Hall–Kier alpha value is -2.47. The van der Waals surface area contributed by atoms with Crippen LogP contribution in [-0.4, -0.2) is 38.4 Å². The first-order valence-electron chi connectivity index (χ1n) is 9.37. The van der Waals surface area contributed by atoms with E-state index in [9.17, 15) is 0 Å². The number of para-hydroxylation sites is 2. The van der Waals surface area contributed by atoms with Crippen LogP contribution in [0.1, 0.15) is 12.8 Å². The van der Waals surface area contributed by atoms with Crippen LogP contribution in [0.3, 0.4) is 0 Å². The summed E-state index contributed by atoms with van der Waals surface area (Å²) in [6, 6.07) is 14.0. The highest BCUT2D eigenvalue weighted by Gasteiger charge is 2.24. The van der Waals surface area contributed by atoms with Gasteiger partial charge in [-0.1, -0.05) is 18.2 Å². The molecule has 0 amide bonds. The van der Waals surface area contributed by atoms with Gasteiger partial charge in [-0.15, -0.1) is 0 Å². The molecule has 1 fully saturated rings. The first-order chi connectivity index (χ1) is 13.7. The molecule has 0 bridgehead atoms. The molecule has 6 heteroatoms. The van der Waals surface area contributed by atoms with Crippen molar-refractivity contribution in [2.45, 2.75) is 18.9 Å². The second-order valence-corrected chi connectivity index (χ2v) is 7.62. The fourth-order valence-corrected chi connectivity index (χ4v) is 4.18. The average Bonchev–Trinajstić information content (AvgIpc) is 2.74. The first kappa shape index (κ1) is 18.9. The van der Waals surface area contributed by atoms with Crippen LogP contribution >= 0.6 is 15.9 Å². The molecule has 0 spiro atoms. The van der Waals surface area contributed by atoms with E-state index >= 15 is 0 Å². The molecule has 0 saturated carbocycles. The number of hydrogen-bond donors (Lipinski definition) is 0. The van der Waals surface area contributed by atoms with E-state index in [1.54, 1.807) is 14.2 Å². The van der Waals surface area contributed by atoms with Gasteiger partial charge in [0.25, 0.3) is 0 Å². The summed E-state index contributed by atoms with van der Waals surface area (Å²) in [6.07, 6.45) is 3.87. The van der Waals surface area contributed by atoms with Crippen molar-refractivity contribution in [2.75, 3.05) is 32.2 Å². The van der Waals surface area contributed by atoms with Gasteiger partial charge in [-0.25, -0.2) is 0 Å². The number of nitrogens with zero attached hydrogens (tertiary/aromatic N) is 2. The van der Waals surface area contributed by atoms with E-state index in [2.05, 4.69) is 44.0 Å². The Bertz CT molecular complexity index is 949. The molecular formula is C22H23BrN2O3. The minimum Gasteiger partial charge on any atom is -0.493 e. The molecule has 3 aromatic rings. The van der Waals surface area contributed by atoms with Gasteiger partial charge < -0.3 is 19.1 Å². The van der Waals surface area contributed by atoms with Gasteiger partial charge in [-0.3, -0.25) is 4.98 Å². The van der Waals surface area contributed by atoms with Gasteiger partial charge in [0.1, 0.15) is 6.10 Å². The summed E-state index contributed by atoms with van der Waals surface area (Å²) in [5.74, 6) is 2.09. The highest BCUT2D eigenvalue weighted by atomic mass is 79.9. The normalized spacial score (nSPS) is 14.9. The Morgan fingerprint density at radius 1 is 0.964 bits per heavy atom. The van der Waals surface area contributed by atoms with Crippen molar-refractivity contribution in [3.63, 3.8) is 0 Å². The number of methoxy groups -OCH3 is 2. The van der Waals surface area contributed by atoms with E-state index in [-0.39, 0.29) is 6.10 Å². The highest BCUT2D eigenvalue weighted by Crippen LogP contribution is 2.39. The predicted molar refractivity (Wildman–Crippen MR) is 115 cm³/mol. The van der Waals surface area contributed by atoms with E-state index in [1.165, 1.54) is 11.1 Å². The maximum absolute atomic E-state index is 6.29. The molecule has 1 aliphatic heterocycles. The first-order valence-corrected chi connectivity index (χ1v) is 10.2. The van der Waals surface area contributed by atoms with Crippen LogP contribution in [-0.2, 0) is 0 Å². The summed E-state index contributed by atoms with van der Waals surface area (Å²) in [4.78, 5) is 6.93. The Kier molecular flexibility index (Phi) is 5.57. The van der Waals surface area contributed by atoms with Crippen LogP contribution in [0.15, 0.2) is 53.1 Å². The summed E-state index contributed by atoms with van der Waals surface area (Å²) in [5, 5.41) is 1.17. The van der Waals surface area contributed by atoms with E-state index in [1.807, 2.05) is 30.5 Å². The number of rotatable bonds is 5. The van der Waals surface area contributed by atoms with Gasteiger partial charge in [0, 0.05) is 47.7 Å². The Labute approximate surface area is 173 Å². The molecule has 0 aliphatic carbocycles. The predicted octanol–water partition coefficient (Wildman–Crippen LogP) is 5.06. The minimum atomic E-state index is 0.126. The SMILES string of the molecule is COc1cccc(OC)c1OC1CCN(c2ccnc3c(Br)cccc23)CC1. The van der Waals surface area contributed by atoms with Gasteiger partial charge in [0.15, 0.2) is 11.5 Å². The number of benzene rings is 2. The number of piperidine rings is 1. The van der Waals surface area contributed by atoms with Crippen molar-refractivity contribution in [2.24, 2.45) is 0 Å². The van der Waals surface area contributed by atoms with Gasteiger partial charge in [-0.2, -0.15) is 0 Å². The van der Waals surface area contributed by atoms with Crippen LogP contribution in [0, 0.1) is 0 Å². The van der Waals surface area contributed by atoms with Crippen LogP contribution in [0.2, 0.25) is 0 Å². The number of halogens is 1. The molecule has 0 atom stereocenters. The fraction of sp³-hybridized carbons (Fsp3) is 0.318. The maximum atomic E-state index is 6.29. The third kappa shape index (κ3) is 3.61. The van der Waals surface area contributed by atoms with Crippen LogP contribution in [0.5, 0.6) is 17.2 Å². The third-order valence-electron chi connectivity index (χ3n) is 5.15. The summed E-state index contributed by atoms with van der Waals surface area (Å²) < 4.78 is 18.2. The Morgan fingerprint density at radius 2 is 1.64 bits per heavy atom.